The van der Waals surface area contributed by atoms with Gasteiger partial charge in [-0.3, -0.25) is 24.5 Å². The number of nitro groups is 1. The van der Waals surface area contributed by atoms with Gasteiger partial charge in [0.1, 0.15) is 6.04 Å². The number of carbonyl (C=O) groups excluding carboxylic acids is 3. The number of hydrogen-bond donors (Lipinski definition) is 0. The maximum absolute atomic E-state index is 14.2. The largest absolute Gasteiger partial charge is 0.352 e. The van der Waals surface area contributed by atoms with Crippen molar-refractivity contribution in [1.29, 1.82) is 0 Å². The fourth-order valence-electron chi connectivity index (χ4n) is 6.42. The molecular weight excluding hydrogens is 530 g/mol. The average Bonchev–Trinajstić information content (AvgIpc) is 3.45. The van der Waals surface area contributed by atoms with Crippen LogP contribution in [0.5, 0.6) is 0 Å². The number of anilines is 2. The minimum atomic E-state index is -1.01. The van der Waals surface area contributed by atoms with E-state index in [1.165, 1.54) is 12.1 Å². The normalized spacial score (nSPS) is 22.8. The van der Waals surface area contributed by atoms with Crippen LogP contribution in [-0.4, -0.2) is 34.6 Å². The summed E-state index contributed by atoms with van der Waals surface area (Å²) in [5, 5.41) is 13.5. The highest BCUT2D eigenvalue weighted by Gasteiger charge is 2.64. The zero-order valence-electron chi connectivity index (χ0n) is 20.8. The first kappa shape index (κ1) is 24.2. The van der Waals surface area contributed by atoms with Gasteiger partial charge < -0.3 is 4.90 Å². The van der Waals surface area contributed by atoms with Crippen LogP contribution in [0.3, 0.4) is 0 Å². The average molecular weight is 550 g/mol. The van der Waals surface area contributed by atoms with Crippen molar-refractivity contribution >= 4 is 63.1 Å². The highest BCUT2D eigenvalue weighted by atomic mass is 35.5. The van der Waals surface area contributed by atoms with E-state index < -0.39 is 40.7 Å². The molecule has 7 rings (SSSR count). The third kappa shape index (κ3) is 3.36. The summed E-state index contributed by atoms with van der Waals surface area (Å²) in [6, 6.07) is 22.6. The van der Waals surface area contributed by atoms with Crippen molar-refractivity contribution in [3.63, 3.8) is 0 Å². The number of amides is 2. The number of non-ortho nitro benzene ring substituents is 1. The first-order chi connectivity index (χ1) is 19.4. The molecule has 40 heavy (non-hydrogen) atoms. The number of imide groups is 1. The van der Waals surface area contributed by atoms with Gasteiger partial charge in [0.05, 0.1) is 33.5 Å². The topological polar surface area (TPSA) is 101 Å². The van der Waals surface area contributed by atoms with E-state index in [1.54, 1.807) is 30.3 Å². The lowest BCUT2D eigenvalue weighted by atomic mass is 9.86. The van der Waals surface area contributed by atoms with Crippen molar-refractivity contribution in [2.24, 2.45) is 11.8 Å². The van der Waals surface area contributed by atoms with Crippen molar-refractivity contribution in [1.82, 2.24) is 0 Å². The summed E-state index contributed by atoms with van der Waals surface area (Å²) >= 11 is 6.36. The molecule has 4 aromatic rings. The Kier molecular flexibility index (Phi) is 5.37. The van der Waals surface area contributed by atoms with E-state index in [4.69, 9.17) is 11.6 Å². The first-order valence-corrected chi connectivity index (χ1v) is 13.1. The molecule has 4 atom stereocenters. The van der Waals surface area contributed by atoms with Gasteiger partial charge in [-0.05, 0) is 22.9 Å². The lowest BCUT2D eigenvalue weighted by molar-refractivity contribution is -0.384. The zero-order valence-corrected chi connectivity index (χ0v) is 21.6. The Morgan fingerprint density at radius 3 is 2.35 bits per heavy atom. The Morgan fingerprint density at radius 1 is 0.850 bits per heavy atom. The summed E-state index contributed by atoms with van der Waals surface area (Å²) in [5.41, 5.74) is 1.77. The molecule has 0 N–H and O–H groups in total. The van der Waals surface area contributed by atoms with Crippen molar-refractivity contribution in [2.45, 2.75) is 12.1 Å². The number of halogens is 1. The van der Waals surface area contributed by atoms with Gasteiger partial charge in [-0.15, -0.1) is 0 Å². The van der Waals surface area contributed by atoms with E-state index in [2.05, 4.69) is 0 Å². The van der Waals surface area contributed by atoms with Gasteiger partial charge in [-0.25, -0.2) is 4.90 Å². The van der Waals surface area contributed by atoms with Crippen LogP contribution >= 0.6 is 11.6 Å². The molecule has 4 aromatic carbocycles. The van der Waals surface area contributed by atoms with Crippen LogP contribution in [0.4, 0.5) is 17.1 Å². The van der Waals surface area contributed by atoms with E-state index >= 15 is 0 Å². The Bertz CT molecular complexity index is 1800. The van der Waals surface area contributed by atoms with E-state index in [-0.39, 0.29) is 22.2 Å². The van der Waals surface area contributed by atoms with Crippen molar-refractivity contribution < 1.29 is 19.3 Å². The second-order valence-corrected chi connectivity index (χ2v) is 10.5. The molecule has 2 amide bonds. The molecule has 9 heteroatoms. The third-order valence-corrected chi connectivity index (χ3v) is 8.44. The first-order valence-electron chi connectivity index (χ1n) is 12.8. The van der Waals surface area contributed by atoms with Crippen LogP contribution < -0.4 is 9.80 Å². The maximum atomic E-state index is 14.2. The molecule has 2 fully saturated rings. The van der Waals surface area contributed by atoms with Gasteiger partial charge in [-0.1, -0.05) is 84.4 Å². The van der Waals surface area contributed by atoms with Gasteiger partial charge in [0.15, 0.2) is 5.78 Å². The lowest BCUT2D eigenvalue weighted by Gasteiger charge is -2.37. The summed E-state index contributed by atoms with van der Waals surface area (Å²) in [6.45, 7) is 0. The number of benzene rings is 4. The Morgan fingerprint density at radius 2 is 1.57 bits per heavy atom. The van der Waals surface area contributed by atoms with E-state index in [9.17, 15) is 24.5 Å². The number of fused-ring (bicyclic) bond motifs is 7. The van der Waals surface area contributed by atoms with Crippen LogP contribution in [-0.2, 0) is 9.59 Å². The molecule has 3 aliphatic heterocycles. The maximum Gasteiger partial charge on any atom is 0.271 e. The monoisotopic (exact) mass is 549 g/mol. The minimum absolute atomic E-state index is 0.0334. The second kappa shape index (κ2) is 8.86. The van der Waals surface area contributed by atoms with Gasteiger partial charge in [0, 0.05) is 28.9 Å². The minimum Gasteiger partial charge on any atom is -0.352 e. The molecule has 196 valence electrons. The third-order valence-electron chi connectivity index (χ3n) is 8.12. The fourth-order valence-corrected chi connectivity index (χ4v) is 6.63. The molecule has 0 aromatic heterocycles. The molecule has 0 spiro atoms. The molecule has 0 bridgehead atoms. The fraction of sp³-hybridized carbons (Fsp3) is 0.129. The molecular formula is C31H20ClN3O5. The molecule has 0 aliphatic carbocycles. The highest BCUT2D eigenvalue weighted by molar-refractivity contribution is 6.36. The Hall–Kier alpha value is -4.82. The van der Waals surface area contributed by atoms with Gasteiger partial charge in [0.2, 0.25) is 11.8 Å². The summed E-state index contributed by atoms with van der Waals surface area (Å²) in [7, 11) is 0. The van der Waals surface area contributed by atoms with E-state index in [0.717, 1.165) is 33.0 Å². The highest BCUT2D eigenvalue weighted by Crippen LogP contribution is 2.51. The number of carbonyl (C=O) groups is 3. The van der Waals surface area contributed by atoms with Crippen LogP contribution in [0.1, 0.15) is 15.9 Å². The van der Waals surface area contributed by atoms with E-state index in [0.29, 0.717) is 5.56 Å². The van der Waals surface area contributed by atoms with Gasteiger partial charge >= 0.3 is 0 Å². The molecule has 8 nitrogen and oxygen atoms in total. The molecule has 0 unspecified atom stereocenters. The molecule has 0 radical (unpaired) electrons. The molecule has 3 aliphatic rings. The van der Waals surface area contributed by atoms with Gasteiger partial charge in [0.25, 0.3) is 5.69 Å². The molecule has 3 heterocycles. The summed E-state index contributed by atoms with van der Waals surface area (Å²) in [6.07, 6.45) is 3.83. The summed E-state index contributed by atoms with van der Waals surface area (Å²) < 4.78 is 0. The van der Waals surface area contributed by atoms with Crippen LogP contribution in [0.2, 0.25) is 5.02 Å². The quantitative estimate of drug-likeness (QED) is 0.141. The van der Waals surface area contributed by atoms with E-state index in [1.807, 2.05) is 53.5 Å². The predicted molar refractivity (Wildman–Crippen MR) is 151 cm³/mol. The predicted octanol–water partition coefficient (Wildman–Crippen LogP) is 5.67. The van der Waals surface area contributed by atoms with Crippen LogP contribution in [0.15, 0.2) is 91.0 Å². The smallest absolute Gasteiger partial charge is 0.271 e. The number of ketones is 1. The summed E-state index contributed by atoms with van der Waals surface area (Å²) in [5.74, 6) is -3.30. The number of Topliss-reactive ketones (excluding diaryl/α,β-unsaturated/α-hetero) is 1. The zero-order chi connectivity index (χ0) is 27.7. The molecule has 2 saturated heterocycles. The van der Waals surface area contributed by atoms with Gasteiger partial charge in [-0.2, -0.15) is 0 Å². The Labute approximate surface area is 233 Å². The SMILES string of the molecule is O=C(c1ccccc1)[C@H]1[C@H]2C(=O)N(c3cc([N+](=O)[O-])ccc3Cl)C(=O)[C@H]2[C@@H]2C=Cc3c(ccc4ccccc34)N21. The second-order valence-electron chi connectivity index (χ2n) is 10.1. The van der Waals surface area contributed by atoms with Crippen molar-refractivity contribution in [2.75, 3.05) is 9.80 Å². The number of nitrogens with zero attached hydrogens (tertiary/aromatic N) is 3. The standard InChI is InChI=1S/C31H20ClN3O5/c32-22-13-11-19(35(39)40)16-25(22)34-30(37)26-24-15-12-21-20-9-5-4-6-17(20)10-14-23(21)33(24)28(27(26)31(34)38)29(36)18-7-2-1-3-8-18/h1-16,24,26-28H/t24-,26-,27-,28+/m0/s1. The summed E-state index contributed by atoms with van der Waals surface area (Å²) in [4.78, 5) is 56.0. The van der Waals surface area contributed by atoms with Crippen molar-refractivity contribution in [3.8, 4) is 0 Å². The van der Waals surface area contributed by atoms with Crippen LogP contribution in [0.25, 0.3) is 16.8 Å². The lowest BCUT2D eigenvalue weighted by Crippen LogP contribution is -2.48. The number of hydrogen-bond acceptors (Lipinski definition) is 6. The molecule has 0 saturated carbocycles. The number of nitro benzene ring substituents is 1. The van der Waals surface area contributed by atoms with Crippen molar-refractivity contribution in [3.05, 3.63) is 117 Å². The van der Waals surface area contributed by atoms with Crippen LogP contribution in [0, 0.1) is 22.0 Å². The number of rotatable bonds is 4. The Balaban J connectivity index is 1.40.